The second kappa shape index (κ2) is 5.76. The predicted molar refractivity (Wildman–Crippen MR) is 84.1 cm³/mol. The maximum absolute atomic E-state index is 3.61. The Labute approximate surface area is 126 Å². The zero-order chi connectivity index (χ0) is 13.4. The van der Waals surface area contributed by atoms with E-state index in [1.807, 2.05) is 11.3 Å². The topological polar surface area (TPSA) is 18.5 Å². The van der Waals surface area contributed by atoms with E-state index in [2.05, 4.69) is 27.2 Å². The number of rotatable bonds is 5. The number of nitrogens with one attached hydrogen (secondary N) is 1. The average Bonchev–Trinajstić information content (AvgIpc) is 2.99. The van der Waals surface area contributed by atoms with Gasteiger partial charge in [-0.3, -0.25) is 9.80 Å². The van der Waals surface area contributed by atoms with E-state index in [1.54, 1.807) is 4.88 Å². The minimum atomic E-state index is 0.816. The van der Waals surface area contributed by atoms with Gasteiger partial charge in [0.2, 0.25) is 0 Å². The summed E-state index contributed by atoms with van der Waals surface area (Å²) < 4.78 is 0. The summed E-state index contributed by atoms with van der Waals surface area (Å²) in [7, 11) is 0. The van der Waals surface area contributed by atoms with E-state index < -0.39 is 0 Å². The largest absolute Gasteiger partial charge is 0.309 e. The molecule has 3 heterocycles. The minimum Gasteiger partial charge on any atom is -0.309 e. The van der Waals surface area contributed by atoms with Crippen LogP contribution in [0.3, 0.4) is 0 Å². The van der Waals surface area contributed by atoms with E-state index in [0.717, 1.165) is 18.6 Å². The summed E-state index contributed by atoms with van der Waals surface area (Å²) in [6.07, 6.45) is 5.58. The lowest BCUT2D eigenvalue weighted by atomic mass is 10.1. The zero-order valence-electron chi connectivity index (χ0n) is 12.2. The van der Waals surface area contributed by atoms with Crippen molar-refractivity contribution in [3.8, 4) is 0 Å². The van der Waals surface area contributed by atoms with E-state index in [1.165, 1.54) is 63.3 Å². The number of thiophene rings is 1. The fraction of sp³-hybridized carbons (Fsp3) is 0.750. The summed E-state index contributed by atoms with van der Waals surface area (Å²) in [6, 6.07) is 6.33. The first-order valence-corrected chi connectivity index (χ1v) is 8.96. The summed E-state index contributed by atoms with van der Waals surface area (Å²) in [5.74, 6) is 0. The summed E-state index contributed by atoms with van der Waals surface area (Å²) >= 11 is 2.00. The van der Waals surface area contributed by atoms with Gasteiger partial charge in [-0.25, -0.2) is 0 Å². The molecule has 20 heavy (non-hydrogen) atoms. The molecule has 4 heteroatoms. The van der Waals surface area contributed by atoms with Crippen LogP contribution in [0.1, 0.15) is 35.4 Å². The third-order valence-corrected chi connectivity index (χ3v) is 5.98. The van der Waals surface area contributed by atoms with Gasteiger partial charge < -0.3 is 5.32 Å². The highest BCUT2D eigenvalue weighted by atomic mass is 32.1. The van der Waals surface area contributed by atoms with Crippen molar-refractivity contribution in [3.05, 3.63) is 21.9 Å². The number of piperazine rings is 1. The molecule has 110 valence electrons. The number of fused-ring (bicyclic) bond motifs is 1. The zero-order valence-corrected chi connectivity index (χ0v) is 13.0. The molecule has 1 unspecified atom stereocenters. The van der Waals surface area contributed by atoms with E-state index in [4.69, 9.17) is 0 Å². The second-order valence-electron chi connectivity index (χ2n) is 6.59. The molecule has 4 rings (SSSR count). The molecule has 1 N–H and O–H groups in total. The van der Waals surface area contributed by atoms with Crippen molar-refractivity contribution in [1.82, 2.24) is 15.1 Å². The molecule has 3 aliphatic rings. The molecule has 3 nitrogen and oxygen atoms in total. The average molecular weight is 291 g/mol. The van der Waals surface area contributed by atoms with Crippen LogP contribution in [0.5, 0.6) is 0 Å². The third kappa shape index (κ3) is 3.08. The highest BCUT2D eigenvalue weighted by Crippen LogP contribution is 2.25. The molecule has 3 fully saturated rings. The van der Waals surface area contributed by atoms with Crippen molar-refractivity contribution in [2.75, 3.05) is 26.2 Å². The Hall–Kier alpha value is -0.420. The molecule has 2 saturated heterocycles. The molecule has 1 aromatic heterocycles. The van der Waals surface area contributed by atoms with Crippen molar-refractivity contribution in [3.63, 3.8) is 0 Å². The molecule has 0 spiro atoms. The molecule has 0 bridgehead atoms. The molecular weight excluding hydrogens is 266 g/mol. The Morgan fingerprint density at radius 2 is 2.00 bits per heavy atom. The van der Waals surface area contributed by atoms with E-state index in [9.17, 15) is 0 Å². The van der Waals surface area contributed by atoms with Crippen molar-refractivity contribution in [2.45, 2.75) is 50.9 Å². The molecule has 1 aliphatic carbocycles. The van der Waals surface area contributed by atoms with Crippen LogP contribution in [-0.4, -0.2) is 48.1 Å². The monoisotopic (exact) mass is 291 g/mol. The predicted octanol–water partition coefficient (Wildman–Crippen LogP) is 2.28. The Bertz CT molecular complexity index is 454. The quantitative estimate of drug-likeness (QED) is 0.898. The molecule has 0 amide bonds. The van der Waals surface area contributed by atoms with Gasteiger partial charge in [-0.1, -0.05) is 0 Å². The third-order valence-electron chi connectivity index (χ3n) is 4.91. The fourth-order valence-electron chi connectivity index (χ4n) is 3.55. The SMILES string of the molecule is c1cc(CN2CCN3CCCC3C2)sc1CNC1CC1. The smallest absolute Gasteiger partial charge is 0.0329 e. The van der Waals surface area contributed by atoms with Crippen LogP contribution >= 0.6 is 11.3 Å². The van der Waals surface area contributed by atoms with E-state index in [0.29, 0.717) is 0 Å². The van der Waals surface area contributed by atoms with Gasteiger partial charge in [-0.05, 0) is 44.4 Å². The van der Waals surface area contributed by atoms with Crippen molar-refractivity contribution in [1.29, 1.82) is 0 Å². The first-order chi connectivity index (χ1) is 9.87. The van der Waals surface area contributed by atoms with Gasteiger partial charge in [0.25, 0.3) is 0 Å². The first-order valence-electron chi connectivity index (χ1n) is 8.14. The van der Waals surface area contributed by atoms with E-state index >= 15 is 0 Å². The van der Waals surface area contributed by atoms with Gasteiger partial charge in [-0.2, -0.15) is 0 Å². The summed E-state index contributed by atoms with van der Waals surface area (Å²) in [4.78, 5) is 8.40. The summed E-state index contributed by atoms with van der Waals surface area (Å²) in [5.41, 5.74) is 0. The lowest BCUT2D eigenvalue weighted by Gasteiger charge is -2.37. The number of hydrogen-bond acceptors (Lipinski definition) is 4. The van der Waals surface area contributed by atoms with Crippen molar-refractivity contribution >= 4 is 11.3 Å². The lowest BCUT2D eigenvalue weighted by Crippen LogP contribution is -2.49. The summed E-state index contributed by atoms with van der Waals surface area (Å²) in [6.45, 7) is 7.41. The maximum atomic E-state index is 3.61. The van der Waals surface area contributed by atoms with Crippen LogP contribution in [0, 0.1) is 0 Å². The van der Waals surface area contributed by atoms with E-state index in [-0.39, 0.29) is 0 Å². The van der Waals surface area contributed by atoms with Gasteiger partial charge in [-0.15, -0.1) is 11.3 Å². The Kier molecular flexibility index (Phi) is 3.82. The Balaban J connectivity index is 1.29. The molecule has 2 aliphatic heterocycles. The van der Waals surface area contributed by atoms with Gasteiger partial charge in [0.1, 0.15) is 0 Å². The van der Waals surface area contributed by atoms with Crippen LogP contribution in [0.2, 0.25) is 0 Å². The van der Waals surface area contributed by atoms with Gasteiger partial charge >= 0.3 is 0 Å². The molecule has 0 aromatic carbocycles. The Morgan fingerprint density at radius 1 is 1.10 bits per heavy atom. The lowest BCUT2D eigenvalue weighted by molar-refractivity contribution is 0.100. The number of nitrogens with zero attached hydrogens (tertiary/aromatic N) is 2. The van der Waals surface area contributed by atoms with Crippen LogP contribution in [0.15, 0.2) is 12.1 Å². The highest BCUT2D eigenvalue weighted by molar-refractivity contribution is 7.11. The van der Waals surface area contributed by atoms with Crippen LogP contribution in [-0.2, 0) is 13.1 Å². The highest BCUT2D eigenvalue weighted by Gasteiger charge is 2.30. The normalized spacial score (nSPS) is 27.9. The minimum absolute atomic E-state index is 0.816. The summed E-state index contributed by atoms with van der Waals surface area (Å²) in [5, 5.41) is 3.61. The molecular formula is C16H25N3S. The van der Waals surface area contributed by atoms with Crippen LogP contribution in [0.25, 0.3) is 0 Å². The molecule has 1 saturated carbocycles. The molecule has 0 radical (unpaired) electrons. The molecule has 1 aromatic rings. The van der Waals surface area contributed by atoms with Gasteiger partial charge in [0.05, 0.1) is 0 Å². The number of hydrogen-bond donors (Lipinski definition) is 1. The maximum Gasteiger partial charge on any atom is 0.0329 e. The van der Waals surface area contributed by atoms with Crippen LogP contribution in [0.4, 0.5) is 0 Å². The molecule has 1 atom stereocenters. The standard InChI is InChI=1S/C16H25N3S/c1-2-14-11-18(8-9-19(14)7-1)12-16-6-5-15(20-16)10-17-13-3-4-13/h5-6,13-14,17H,1-4,7-12H2. The fourth-order valence-corrected chi connectivity index (χ4v) is 4.57. The van der Waals surface area contributed by atoms with Gasteiger partial charge in [0, 0.05) is 54.6 Å². The van der Waals surface area contributed by atoms with Crippen LogP contribution < -0.4 is 5.32 Å². The van der Waals surface area contributed by atoms with Gasteiger partial charge in [0.15, 0.2) is 0 Å². The van der Waals surface area contributed by atoms with Crippen molar-refractivity contribution < 1.29 is 0 Å². The first kappa shape index (κ1) is 13.3. The second-order valence-corrected chi connectivity index (χ2v) is 7.84. The Morgan fingerprint density at radius 3 is 2.90 bits per heavy atom. The van der Waals surface area contributed by atoms with Crippen molar-refractivity contribution in [2.24, 2.45) is 0 Å².